The number of carboxylic acid groups (broad SMARTS) is 1. The molecule has 0 atom stereocenters. The average molecular weight is 402 g/mol. The molecule has 0 amide bonds. The molecule has 0 saturated heterocycles. The lowest BCUT2D eigenvalue weighted by Gasteiger charge is -2.22. The van der Waals surface area contributed by atoms with Gasteiger partial charge < -0.3 is 9.52 Å². The van der Waals surface area contributed by atoms with Crippen molar-refractivity contribution >= 4 is 28.1 Å². The van der Waals surface area contributed by atoms with E-state index in [1.165, 1.54) is 24.8 Å². The van der Waals surface area contributed by atoms with Crippen LogP contribution in [0, 0.1) is 0 Å². The van der Waals surface area contributed by atoms with Crippen molar-refractivity contribution in [3.63, 3.8) is 0 Å². The third kappa shape index (κ3) is 3.06. The molecule has 4 nitrogen and oxygen atoms in total. The van der Waals surface area contributed by atoms with Crippen LogP contribution in [0.5, 0.6) is 0 Å². The largest absolute Gasteiger partial charge is 0.478 e. The van der Waals surface area contributed by atoms with Crippen molar-refractivity contribution in [2.45, 2.75) is 64.7 Å². The van der Waals surface area contributed by atoms with E-state index in [0.29, 0.717) is 17.2 Å². The van der Waals surface area contributed by atoms with Crippen LogP contribution in [0.4, 0.5) is 0 Å². The summed E-state index contributed by atoms with van der Waals surface area (Å²) in [6.07, 6.45) is 7.83. The monoisotopic (exact) mass is 401 g/mol. The minimum atomic E-state index is -0.903. The molecular weight excluding hydrogens is 374 g/mol. The molecule has 154 valence electrons. The maximum Gasteiger partial charge on any atom is 0.336 e. The van der Waals surface area contributed by atoms with Gasteiger partial charge in [0.2, 0.25) is 0 Å². The first-order valence-electron chi connectivity index (χ1n) is 11.0. The number of pyridine rings is 1. The number of hydrogen-bond donors (Lipinski definition) is 1. The van der Waals surface area contributed by atoms with Crippen LogP contribution in [-0.4, -0.2) is 16.1 Å². The van der Waals surface area contributed by atoms with E-state index in [9.17, 15) is 9.90 Å². The first-order chi connectivity index (χ1) is 14.5. The van der Waals surface area contributed by atoms with E-state index in [0.717, 1.165) is 64.1 Å². The fourth-order valence-electron chi connectivity index (χ4n) is 5.24. The van der Waals surface area contributed by atoms with E-state index in [4.69, 9.17) is 9.40 Å². The summed E-state index contributed by atoms with van der Waals surface area (Å²) in [5.74, 6) is 0.283. The zero-order valence-corrected chi connectivity index (χ0v) is 17.6. The van der Waals surface area contributed by atoms with Crippen molar-refractivity contribution in [3.05, 3.63) is 52.0 Å². The van der Waals surface area contributed by atoms with Crippen LogP contribution < -0.4 is 10.6 Å². The Balaban J connectivity index is 1.83. The molecular formula is C26H27NO3. The zero-order valence-electron chi connectivity index (χ0n) is 17.6. The zero-order chi connectivity index (χ0) is 20.8. The lowest BCUT2D eigenvalue weighted by Crippen LogP contribution is -2.39. The van der Waals surface area contributed by atoms with Crippen LogP contribution >= 0.6 is 0 Å². The molecule has 4 heteroatoms. The lowest BCUT2D eigenvalue weighted by molar-refractivity contribution is 0.0695. The van der Waals surface area contributed by atoms with E-state index in [1.807, 2.05) is 25.1 Å². The molecule has 0 aliphatic heterocycles. The summed E-state index contributed by atoms with van der Waals surface area (Å²) < 4.78 is 6.35. The predicted molar refractivity (Wildman–Crippen MR) is 119 cm³/mol. The van der Waals surface area contributed by atoms with Crippen molar-refractivity contribution < 1.29 is 14.3 Å². The van der Waals surface area contributed by atoms with E-state index in [1.54, 1.807) is 6.07 Å². The van der Waals surface area contributed by atoms with Crippen molar-refractivity contribution in [3.8, 4) is 11.5 Å². The molecule has 0 unspecified atom stereocenters. The van der Waals surface area contributed by atoms with E-state index >= 15 is 0 Å². The molecule has 0 bridgehead atoms. The fraction of sp³-hybridized carbons (Fsp3) is 0.385. The molecule has 3 aromatic rings. The van der Waals surface area contributed by atoms with Gasteiger partial charge in [0.1, 0.15) is 11.3 Å². The second-order valence-corrected chi connectivity index (χ2v) is 8.82. The summed E-state index contributed by atoms with van der Waals surface area (Å²) >= 11 is 0. The summed E-state index contributed by atoms with van der Waals surface area (Å²) in [7, 11) is 0. The molecule has 0 spiro atoms. The minimum Gasteiger partial charge on any atom is -0.478 e. The number of aromatic nitrogens is 1. The molecule has 1 N–H and O–H groups in total. The van der Waals surface area contributed by atoms with Gasteiger partial charge in [-0.05, 0) is 63.2 Å². The van der Waals surface area contributed by atoms with Gasteiger partial charge in [-0.15, -0.1) is 0 Å². The topological polar surface area (TPSA) is 63.3 Å². The smallest absolute Gasteiger partial charge is 0.336 e. The second-order valence-electron chi connectivity index (χ2n) is 8.82. The standard InChI is InChI=1S/C26H27NO3/c1-15-12-13-16(2)24-22(15)19(26(28)29)14-20(27-24)25-23(17-8-4-3-5-9-17)18-10-6-7-11-21(18)30-25/h6-7,10-11,14,17H,3-5,8-9,12-13H2,1-2H3,(H,28,29). The van der Waals surface area contributed by atoms with Gasteiger partial charge in [0.25, 0.3) is 0 Å². The summed E-state index contributed by atoms with van der Waals surface area (Å²) in [5.41, 5.74) is 5.30. The summed E-state index contributed by atoms with van der Waals surface area (Å²) in [5, 5.41) is 12.8. The number of carboxylic acids is 1. The van der Waals surface area contributed by atoms with E-state index in [-0.39, 0.29) is 0 Å². The first-order valence-corrected chi connectivity index (χ1v) is 11.0. The van der Waals surface area contributed by atoms with Gasteiger partial charge in [0.05, 0.1) is 10.9 Å². The number of nitrogens with zero attached hydrogens (tertiary/aromatic N) is 1. The molecule has 2 aliphatic rings. The SMILES string of the molecule is CC1=c2nc(-c3oc4ccccc4c3C3CCCCC3)cc(C(=O)O)c2=C(C)CC1. The highest BCUT2D eigenvalue weighted by Gasteiger charge is 2.27. The van der Waals surface area contributed by atoms with Gasteiger partial charge in [0.15, 0.2) is 5.76 Å². The molecule has 2 aromatic heterocycles. The van der Waals surface area contributed by atoms with E-state index < -0.39 is 5.97 Å². The van der Waals surface area contributed by atoms with Gasteiger partial charge in [-0.3, -0.25) is 0 Å². The summed E-state index contributed by atoms with van der Waals surface area (Å²) in [6, 6.07) is 9.88. The van der Waals surface area contributed by atoms with Gasteiger partial charge in [-0.25, -0.2) is 9.78 Å². The van der Waals surface area contributed by atoms with Crippen LogP contribution in [0.1, 0.15) is 80.6 Å². The Bertz CT molecular complexity index is 1280. The minimum absolute atomic E-state index is 0.335. The quantitative estimate of drug-likeness (QED) is 0.640. The molecule has 2 heterocycles. The summed E-state index contributed by atoms with van der Waals surface area (Å²) in [6.45, 7) is 4.09. The highest BCUT2D eigenvalue weighted by atomic mass is 16.4. The van der Waals surface area contributed by atoms with Crippen LogP contribution in [0.3, 0.4) is 0 Å². The number of hydrogen-bond acceptors (Lipinski definition) is 3. The number of fused-ring (bicyclic) bond motifs is 2. The van der Waals surface area contributed by atoms with Gasteiger partial charge in [0, 0.05) is 16.2 Å². The third-order valence-electron chi connectivity index (χ3n) is 6.84. The number of para-hydroxylation sites is 1. The van der Waals surface area contributed by atoms with Gasteiger partial charge >= 0.3 is 5.97 Å². The Hall–Kier alpha value is -2.88. The van der Waals surface area contributed by atoms with Crippen molar-refractivity contribution in [2.24, 2.45) is 0 Å². The number of benzene rings is 1. The average Bonchev–Trinajstić information content (AvgIpc) is 3.16. The highest BCUT2D eigenvalue weighted by molar-refractivity contribution is 5.92. The number of carbonyl (C=O) groups is 1. The van der Waals surface area contributed by atoms with Crippen LogP contribution in [0.2, 0.25) is 0 Å². The maximum atomic E-state index is 12.2. The Labute approximate surface area is 175 Å². The maximum absolute atomic E-state index is 12.2. The Morgan fingerprint density at radius 3 is 2.57 bits per heavy atom. The molecule has 2 aliphatic carbocycles. The Kier molecular flexibility index (Phi) is 4.73. The molecule has 1 aromatic carbocycles. The second kappa shape index (κ2) is 7.42. The normalized spacial score (nSPS) is 17.4. The first kappa shape index (κ1) is 19.1. The van der Waals surface area contributed by atoms with Crippen LogP contribution in [-0.2, 0) is 0 Å². The fourth-order valence-corrected chi connectivity index (χ4v) is 5.24. The van der Waals surface area contributed by atoms with Crippen molar-refractivity contribution in [1.29, 1.82) is 0 Å². The number of furan rings is 1. The molecule has 0 radical (unpaired) electrons. The van der Waals surface area contributed by atoms with E-state index in [2.05, 4.69) is 13.0 Å². The number of aromatic carboxylic acids is 1. The van der Waals surface area contributed by atoms with Gasteiger partial charge in [-0.2, -0.15) is 0 Å². The third-order valence-corrected chi connectivity index (χ3v) is 6.84. The van der Waals surface area contributed by atoms with Gasteiger partial charge in [-0.1, -0.05) is 43.0 Å². The highest BCUT2D eigenvalue weighted by Crippen LogP contribution is 2.43. The van der Waals surface area contributed by atoms with Crippen LogP contribution in [0.15, 0.2) is 34.7 Å². The molecule has 1 fully saturated rings. The molecule has 30 heavy (non-hydrogen) atoms. The lowest BCUT2D eigenvalue weighted by atomic mass is 9.82. The Morgan fingerprint density at radius 2 is 1.80 bits per heavy atom. The van der Waals surface area contributed by atoms with Crippen molar-refractivity contribution in [2.75, 3.05) is 0 Å². The Morgan fingerprint density at radius 1 is 1.07 bits per heavy atom. The molecule has 5 rings (SSSR count). The predicted octanol–water partition coefficient (Wildman–Crippen LogP) is 5.38. The molecule has 1 saturated carbocycles. The van der Waals surface area contributed by atoms with Crippen molar-refractivity contribution in [1.82, 2.24) is 4.98 Å². The summed E-state index contributed by atoms with van der Waals surface area (Å²) in [4.78, 5) is 17.2. The number of rotatable bonds is 3. The van der Waals surface area contributed by atoms with Crippen LogP contribution in [0.25, 0.3) is 33.6 Å².